The SMILES string of the molecule is COc1ccc(S(=O)(=O)N2CCCC2)cc1NS(=O)(=O)Cc1ccccc1. The number of anilines is 1. The molecule has 0 spiro atoms. The molecule has 0 amide bonds. The Morgan fingerprint density at radius 1 is 1.00 bits per heavy atom. The number of nitrogens with zero attached hydrogens (tertiary/aromatic N) is 1. The number of ether oxygens (including phenoxy) is 1. The van der Waals surface area contributed by atoms with E-state index < -0.39 is 20.0 Å². The van der Waals surface area contributed by atoms with Crippen molar-refractivity contribution in [1.29, 1.82) is 0 Å². The van der Waals surface area contributed by atoms with Crippen LogP contribution in [-0.2, 0) is 25.8 Å². The van der Waals surface area contributed by atoms with E-state index in [2.05, 4.69) is 4.72 Å². The van der Waals surface area contributed by atoms with Crippen LogP contribution >= 0.6 is 0 Å². The molecule has 0 aromatic heterocycles. The van der Waals surface area contributed by atoms with E-state index in [1.54, 1.807) is 30.3 Å². The van der Waals surface area contributed by atoms with Gasteiger partial charge in [-0.2, -0.15) is 4.31 Å². The Morgan fingerprint density at radius 3 is 2.30 bits per heavy atom. The minimum Gasteiger partial charge on any atom is -0.495 e. The second-order valence-corrected chi connectivity index (χ2v) is 9.98. The van der Waals surface area contributed by atoms with Gasteiger partial charge in [-0.05, 0) is 36.6 Å². The van der Waals surface area contributed by atoms with Gasteiger partial charge < -0.3 is 4.74 Å². The van der Waals surface area contributed by atoms with Gasteiger partial charge in [-0.15, -0.1) is 0 Å². The van der Waals surface area contributed by atoms with Gasteiger partial charge >= 0.3 is 0 Å². The predicted octanol–water partition coefficient (Wildman–Crippen LogP) is 2.42. The molecule has 9 heteroatoms. The van der Waals surface area contributed by atoms with E-state index >= 15 is 0 Å². The maximum absolute atomic E-state index is 12.8. The number of hydrogen-bond donors (Lipinski definition) is 1. The van der Waals surface area contributed by atoms with Crippen molar-refractivity contribution in [2.75, 3.05) is 24.9 Å². The van der Waals surface area contributed by atoms with Gasteiger partial charge in [0.25, 0.3) is 0 Å². The first-order valence-corrected chi connectivity index (χ1v) is 11.6. The third-order valence-electron chi connectivity index (χ3n) is 4.34. The zero-order chi connectivity index (χ0) is 19.5. The zero-order valence-corrected chi connectivity index (χ0v) is 16.6. The number of nitrogens with one attached hydrogen (secondary N) is 1. The highest BCUT2D eigenvalue weighted by Crippen LogP contribution is 2.31. The minimum absolute atomic E-state index is 0.0441. The largest absolute Gasteiger partial charge is 0.495 e. The topological polar surface area (TPSA) is 92.8 Å². The smallest absolute Gasteiger partial charge is 0.243 e. The van der Waals surface area contributed by atoms with Crippen LogP contribution in [0.3, 0.4) is 0 Å². The highest BCUT2D eigenvalue weighted by Gasteiger charge is 2.28. The van der Waals surface area contributed by atoms with Crippen molar-refractivity contribution < 1.29 is 21.6 Å². The van der Waals surface area contributed by atoms with Gasteiger partial charge in [-0.3, -0.25) is 4.72 Å². The molecule has 3 rings (SSSR count). The van der Waals surface area contributed by atoms with E-state index in [4.69, 9.17) is 4.74 Å². The van der Waals surface area contributed by atoms with Gasteiger partial charge in [0.2, 0.25) is 20.0 Å². The van der Waals surface area contributed by atoms with Crippen LogP contribution in [0.15, 0.2) is 53.4 Å². The van der Waals surface area contributed by atoms with Gasteiger partial charge in [0.15, 0.2) is 0 Å². The Hall–Kier alpha value is -2.10. The summed E-state index contributed by atoms with van der Waals surface area (Å²) in [4.78, 5) is 0.0441. The fourth-order valence-electron chi connectivity index (χ4n) is 3.00. The number of methoxy groups -OCH3 is 1. The summed E-state index contributed by atoms with van der Waals surface area (Å²) in [5, 5.41) is 0. The van der Waals surface area contributed by atoms with E-state index in [1.807, 2.05) is 0 Å². The summed E-state index contributed by atoms with van der Waals surface area (Å²) >= 11 is 0. The highest BCUT2D eigenvalue weighted by atomic mass is 32.2. The number of hydrogen-bond acceptors (Lipinski definition) is 5. The van der Waals surface area contributed by atoms with Crippen molar-refractivity contribution in [3.8, 4) is 5.75 Å². The predicted molar refractivity (Wildman–Crippen MR) is 104 cm³/mol. The standard InChI is InChI=1S/C18H22N2O5S2/c1-25-18-10-9-16(27(23,24)20-11-5-6-12-20)13-17(18)19-26(21,22)14-15-7-3-2-4-8-15/h2-4,7-10,13,19H,5-6,11-12,14H2,1H3. The Balaban J connectivity index is 1.90. The molecular weight excluding hydrogens is 388 g/mol. The second kappa shape index (κ2) is 7.87. The van der Waals surface area contributed by atoms with Crippen LogP contribution < -0.4 is 9.46 Å². The first-order valence-electron chi connectivity index (χ1n) is 8.54. The van der Waals surface area contributed by atoms with Crippen molar-refractivity contribution in [2.24, 2.45) is 0 Å². The molecule has 1 aliphatic rings. The summed E-state index contributed by atoms with van der Waals surface area (Å²) in [5.74, 6) is 0.0344. The average molecular weight is 411 g/mol. The number of benzene rings is 2. The monoisotopic (exact) mass is 410 g/mol. The molecule has 0 atom stereocenters. The summed E-state index contributed by atoms with van der Waals surface area (Å²) in [5.41, 5.74) is 0.735. The lowest BCUT2D eigenvalue weighted by Crippen LogP contribution is -2.28. The van der Waals surface area contributed by atoms with Gasteiger partial charge in [0.05, 0.1) is 23.4 Å². The molecule has 1 aliphatic heterocycles. The van der Waals surface area contributed by atoms with Crippen molar-refractivity contribution in [3.63, 3.8) is 0 Å². The lowest BCUT2D eigenvalue weighted by Gasteiger charge is -2.18. The van der Waals surface area contributed by atoms with Gasteiger partial charge in [-0.25, -0.2) is 16.8 Å². The van der Waals surface area contributed by atoms with E-state index in [1.165, 1.54) is 29.6 Å². The van der Waals surface area contributed by atoms with Gasteiger partial charge in [0.1, 0.15) is 5.75 Å². The summed E-state index contributed by atoms with van der Waals surface area (Å²) < 4.78 is 59.6. The Morgan fingerprint density at radius 2 is 1.67 bits per heavy atom. The Kier molecular flexibility index (Phi) is 5.73. The summed E-state index contributed by atoms with van der Waals surface area (Å²) in [7, 11) is -6.00. The van der Waals surface area contributed by atoms with E-state index in [9.17, 15) is 16.8 Å². The summed E-state index contributed by atoms with van der Waals surface area (Å²) in [6.07, 6.45) is 1.65. The number of rotatable bonds is 7. The molecule has 27 heavy (non-hydrogen) atoms. The molecule has 146 valence electrons. The normalized spacial score (nSPS) is 15.6. The van der Waals surface area contributed by atoms with Crippen LogP contribution in [0.5, 0.6) is 5.75 Å². The minimum atomic E-state index is -3.74. The third-order valence-corrected chi connectivity index (χ3v) is 7.48. The molecule has 0 bridgehead atoms. The fourth-order valence-corrected chi connectivity index (χ4v) is 5.74. The fraction of sp³-hybridized carbons (Fsp3) is 0.333. The molecule has 1 heterocycles. The van der Waals surface area contributed by atoms with Gasteiger partial charge in [-0.1, -0.05) is 30.3 Å². The van der Waals surface area contributed by atoms with Crippen molar-refractivity contribution in [2.45, 2.75) is 23.5 Å². The molecule has 7 nitrogen and oxygen atoms in total. The summed E-state index contributed by atoms with van der Waals surface area (Å²) in [6, 6.07) is 13.0. The average Bonchev–Trinajstić information content (AvgIpc) is 3.17. The molecule has 2 aromatic carbocycles. The Labute approximate surface area is 160 Å². The highest BCUT2D eigenvalue weighted by molar-refractivity contribution is 7.92. The molecular formula is C18H22N2O5S2. The maximum atomic E-state index is 12.8. The maximum Gasteiger partial charge on any atom is 0.243 e. The zero-order valence-electron chi connectivity index (χ0n) is 15.0. The molecule has 2 aromatic rings. The van der Waals surface area contributed by atoms with E-state index in [0.29, 0.717) is 18.7 Å². The molecule has 0 aliphatic carbocycles. The lowest BCUT2D eigenvalue weighted by molar-refractivity contribution is 0.416. The molecule has 1 fully saturated rings. The van der Waals surface area contributed by atoms with Crippen molar-refractivity contribution >= 4 is 25.7 Å². The molecule has 0 radical (unpaired) electrons. The van der Waals surface area contributed by atoms with E-state index in [-0.39, 0.29) is 22.1 Å². The number of sulfonamides is 2. The van der Waals surface area contributed by atoms with Crippen molar-refractivity contribution in [3.05, 3.63) is 54.1 Å². The Bertz CT molecular complexity index is 999. The van der Waals surface area contributed by atoms with Crippen LogP contribution in [-0.4, -0.2) is 41.3 Å². The van der Waals surface area contributed by atoms with Crippen LogP contribution in [0.2, 0.25) is 0 Å². The third kappa shape index (κ3) is 4.60. The molecule has 1 saturated heterocycles. The molecule has 0 unspecified atom stereocenters. The first-order chi connectivity index (χ1) is 12.8. The quantitative estimate of drug-likeness (QED) is 0.757. The summed E-state index contributed by atoms with van der Waals surface area (Å²) in [6.45, 7) is 0.951. The van der Waals surface area contributed by atoms with Crippen LogP contribution in [0.4, 0.5) is 5.69 Å². The second-order valence-electron chi connectivity index (χ2n) is 6.32. The van der Waals surface area contributed by atoms with Crippen LogP contribution in [0.25, 0.3) is 0 Å². The lowest BCUT2D eigenvalue weighted by atomic mass is 10.2. The molecule has 0 saturated carbocycles. The van der Waals surface area contributed by atoms with Crippen LogP contribution in [0.1, 0.15) is 18.4 Å². The molecule has 1 N–H and O–H groups in total. The van der Waals surface area contributed by atoms with Gasteiger partial charge in [0, 0.05) is 13.1 Å². The van der Waals surface area contributed by atoms with Crippen LogP contribution in [0, 0.1) is 0 Å². The first kappa shape index (κ1) is 19.7. The van der Waals surface area contributed by atoms with E-state index in [0.717, 1.165) is 12.8 Å². The van der Waals surface area contributed by atoms with Crippen molar-refractivity contribution in [1.82, 2.24) is 4.31 Å².